The number of aliphatic hydroxyl groups excluding tert-OH is 1. The number of likely N-dealkylation sites (N-methyl/N-ethyl adjacent to an activating group) is 1. The van der Waals surface area contributed by atoms with Crippen molar-refractivity contribution in [2.75, 3.05) is 20.1 Å². The van der Waals surface area contributed by atoms with Crippen molar-refractivity contribution in [3.05, 3.63) is 33.7 Å². The van der Waals surface area contributed by atoms with Crippen LogP contribution in [0.25, 0.3) is 0 Å². The number of pyridine rings is 1. The lowest BCUT2D eigenvalue weighted by atomic mass is 9.87. The second-order valence-corrected chi connectivity index (χ2v) is 5.83. The zero-order valence-electron chi connectivity index (χ0n) is 12.4. The quantitative estimate of drug-likeness (QED) is 0.856. The van der Waals surface area contributed by atoms with Crippen molar-refractivity contribution in [3.63, 3.8) is 0 Å². The van der Waals surface area contributed by atoms with Crippen LogP contribution in [-0.2, 0) is 13.2 Å². The summed E-state index contributed by atoms with van der Waals surface area (Å²) in [5.74, 6) is -4.41. The van der Waals surface area contributed by atoms with Crippen LogP contribution < -0.4 is 5.56 Å². The van der Waals surface area contributed by atoms with Crippen LogP contribution in [0.2, 0.25) is 0 Å². The third-order valence-corrected chi connectivity index (χ3v) is 3.93. The maximum Gasteiger partial charge on any atom is 0.406 e. The van der Waals surface area contributed by atoms with Gasteiger partial charge < -0.3 is 14.6 Å². The van der Waals surface area contributed by atoms with Crippen LogP contribution >= 0.6 is 0 Å². The highest BCUT2D eigenvalue weighted by atomic mass is 19.4. The number of alkyl halides is 5. The van der Waals surface area contributed by atoms with E-state index in [-0.39, 0.29) is 24.2 Å². The molecule has 9 heteroatoms. The molecule has 4 nitrogen and oxygen atoms in total. The predicted octanol–water partition coefficient (Wildman–Crippen LogP) is 1.96. The third-order valence-electron chi connectivity index (χ3n) is 3.93. The molecule has 1 fully saturated rings. The van der Waals surface area contributed by atoms with Crippen molar-refractivity contribution < 1.29 is 27.1 Å². The summed E-state index contributed by atoms with van der Waals surface area (Å²) in [5, 5.41) is 9.15. The molecular weight excluding hydrogens is 323 g/mol. The van der Waals surface area contributed by atoms with Crippen molar-refractivity contribution in [1.29, 1.82) is 0 Å². The molecule has 2 rings (SSSR count). The standard InChI is InChI=1S/C14H17F5N2O2/c1-20-3-2-13(15,16)11(6-20)9-4-10(7-22)12(23)21(5-9)8-14(17,18)19/h4-5,11,22H,2-3,6-8H2,1H3. The maximum absolute atomic E-state index is 14.1. The van der Waals surface area contributed by atoms with Crippen molar-refractivity contribution >= 4 is 0 Å². The van der Waals surface area contributed by atoms with Crippen molar-refractivity contribution in [2.45, 2.75) is 37.6 Å². The number of aromatic nitrogens is 1. The van der Waals surface area contributed by atoms with E-state index in [2.05, 4.69) is 0 Å². The van der Waals surface area contributed by atoms with Crippen molar-refractivity contribution in [1.82, 2.24) is 9.47 Å². The Kier molecular flexibility index (Phi) is 4.81. The molecule has 1 atom stereocenters. The van der Waals surface area contributed by atoms with E-state index in [1.165, 1.54) is 0 Å². The molecule has 1 aromatic heterocycles. The molecule has 23 heavy (non-hydrogen) atoms. The molecule has 0 amide bonds. The molecule has 130 valence electrons. The van der Waals surface area contributed by atoms with Crippen LogP contribution in [0.4, 0.5) is 22.0 Å². The molecule has 0 aromatic carbocycles. The van der Waals surface area contributed by atoms with E-state index in [1.54, 1.807) is 11.9 Å². The summed E-state index contributed by atoms with van der Waals surface area (Å²) in [6, 6.07) is 1.08. The number of rotatable bonds is 3. The first kappa shape index (κ1) is 17.9. The molecule has 0 bridgehead atoms. The van der Waals surface area contributed by atoms with E-state index < -0.39 is 43.1 Å². The Morgan fingerprint density at radius 1 is 1.39 bits per heavy atom. The Hall–Kier alpha value is -1.48. The monoisotopic (exact) mass is 340 g/mol. The molecule has 0 aliphatic carbocycles. The molecule has 1 saturated heterocycles. The summed E-state index contributed by atoms with van der Waals surface area (Å²) in [6.07, 6.45) is -4.26. The number of hydrogen-bond donors (Lipinski definition) is 1. The van der Waals surface area contributed by atoms with E-state index in [1.807, 2.05) is 0 Å². The zero-order valence-corrected chi connectivity index (χ0v) is 12.4. The Labute approximate surface area is 129 Å². The SMILES string of the molecule is CN1CCC(F)(F)C(c2cc(CO)c(=O)n(CC(F)(F)F)c2)C1. The first-order valence-corrected chi connectivity index (χ1v) is 7.01. The van der Waals surface area contributed by atoms with Crippen LogP contribution in [0, 0.1) is 0 Å². The van der Waals surface area contributed by atoms with E-state index in [4.69, 9.17) is 5.11 Å². The van der Waals surface area contributed by atoms with Crippen LogP contribution in [-0.4, -0.2) is 46.8 Å². The summed E-state index contributed by atoms with van der Waals surface area (Å²) in [7, 11) is 1.64. The molecule has 2 heterocycles. The lowest BCUT2D eigenvalue weighted by Crippen LogP contribution is -2.44. The Morgan fingerprint density at radius 2 is 2.04 bits per heavy atom. The summed E-state index contributed by atoms with van der Waals surface area (Å²) in [5.41, 5.74) is -1.42. The Bertz CT molecular complexity index is 627. The van der Waals surface area contributed by atoms with Crippen LogP contribution in [0.15, 0.2) is 17.1 Å². The number of nitrogens with zero attached hydrogens (tertiary/aromatic N) is 2. The number of hydrogen-bond acceptors (Lipinski definition) is 3. The fraction of sp³-hybridized carbons (Fsp3) is 0.643. The van der Waals surface area contributed by atoms with E-state index >= 15 is 0 Å². The van der Waals surface area contributed by atoms with Gasteiger partial charge in [-0.25, -0.2) is 8.78 Å². The zero-order chi connectivity index (χ0) is 17.4. The summed E-state index contributed by atoms with van der Waals surface area (Å²) in [6.45, 7) is -2.25. The van der Waals surface area contributed by atoms with Gasteiger partial charge in [-0.05, 0) is 18.7 Å². The first-order valence-electron chi connectivity index (χ1n) is 7.01. The minimum absolute atomic E-state index is 0.0396. The van der Waals surface area contributed by atoms with Crippen molar-refractivity contribution in [2.24, 2.45) is 0 Å². The number of aliphatic hydroxyl groups is 1. The summed E-state index contributed by atoms with van der Waals surface area (Å²) >= 11 is 0. The van der Waals surface area contributed by atoms with E-state index in [0.29, 0.717) is 4.57 Å². The van der Waals surface area contributed by atoms with Gasteiger partial charge >= 0.3 is 6.18 Å². The number of piperidine rings is 1. The molecule has 0 saturated carbocycles. The normalized spacial score (nSPS) is 22.3. The highest BCUT2D eigenvalue weighted by molar-refractivity contribution is 5.26. The van der Waals surface area contributed by atoms with Crippen LogP contribution in [0.3, 0.4) is 0 Å². The summed E-state index contributed by atoms with van der Waals surface area (Å²) in [4.78, 5) is 13.5. The van der Waals surface area contributed by atoms with Gasteiger partial charge in [-0.3, -0.25) is 4.79 Å². The lowest BCUT2D eigenvalue weighted by Gasteiger charge is -2.37. The van der Waals surface area contributed by atoms with E-state index in [0.717, 1.165) is 12.3 Å². The highest BCUT2D eigenvalue weighted by Gasteiger charge is 2.44. The largest absolute Gasteiger partial charge is 0.406 e. The van der Waals surface area contributed by atoms with Gasteiger partial charge in [0.1, 0.15) is 6.54 Å². The second kappa shape index (κ2) is 6.20. The van der Waals surface area contributed by atoms with Gasteiger partial charge in [0.15, 0.2) is 0 Å². The molecule has 1 aromatic rings. The molecule has 0 radical (unpaired) electrons. The minimum atomic E-state index is -4.67. The van der Waals surface area contributed by atoms with Gasteiger partial charge in [-0.2, -0.15) is 13.2 Å². The predicted molar refractivity (Wildman–Crippen MR) is 72.5 cm³/mol. The Balaban J connectivity index is 2.49. The smallest absolute Gasteiger partial charge is 0.391 e. The van der Waals surface area contributed by atoms with Gasteiger partial charge in [0.05, 0.1) is 12.5 Å². The Morgan fingerprint density at radius 3 is 2.61 bits per heavy atom. The van der Waals surface area contributed by atoms with Gasteiger partial charge in [-0.15, -0.1) is 0 Å². The highest BCUT2D eigenvalue weighted by Crippen LogP contribution is 2.39. The van der Waals surface area contributed by atoms with Crippen LogP contribution in [0.5, 0.6) is 0 Å². The molecule has 0 spiro atoms. The van der Waals surface area contributed by atoms with Gasteiger partial charge in [0.2, 0.25) is 0 Å². The first-order chi connectivity index (χ1) is 10.5. The van der Waals surface area contributed by atoms with Gasteiger partial charge in [0.25, 0.3) is 11.5 Å². The average Bonchev–Trinajstić information content (AvgIpc) is 2.42. The number of likely N-dealkylation sites (tertiary alicyclic amines) is 1. The van der Waals surface area contributed by atoms with Crippen LogP contribution in [0.1, 0.15) is 23.5 Å². The fourth-order valence-corrected chi connectivity index (χ4v) is 2.74. The molecule has 1 aliphatic rings. The molecule has 1 aliphatic heterocycles. The number of halogens is 5. The van der Waals surface area contributed by atoms with Crippen molar-refractivity contribution in [3.8, 4) is 0 Å². The third kappa shape index (κ3) is 4.08. The average molecular weight is 340 g/mol. The fourth-order valence-electron chi connectivity index (χ4n) is 2.74. The van der Waals surface area contributed by atoms with E-state index in [9.17, 15) is 26.7 Å². The maximum atomic E-state index is 14.1. The molecule has 1 unspecified atom stereocenters. The second-order valence-electron chi connectivity index (χ2n) is 5.83. The molecular formula is C14H17F5N2O2. The lowest BCUT2D eigenvalue weighted by molar-refractivity contribution is -0.141. The van der Waals surface area contributed by atoms with Gasteiger partial charge in [-0.1, -0.05) is 0 Å². The summed E-state index contributed by atoms with van der Waals surface area (Å²) < 4.78 is 66.3. The van der Waals surface area contributed by atoms with Gasteiger partial charge in [0, 0.05) is 31.3 Å². The molecule has 1 N–H and O–H groups in total. The topological polar surface area (TPSA) is 45.5 Å². The minimum Gasteiger partial charge on any atom is -0.391 e.